The van der Waals surface area contributed by atoms with Crippen LogP contribution >= 0.6 is 34.1 Å². The first-order valence-corrected chi connectivity index (χ1v) is 7.66. The van der Waals surface area contributed by atoms with Gasteiger partial charge in [0, 0.05) is 29.0 Å². The van der Waals surface area contributed by atoms with Crippen LogP contribution in [0.5, 0.6) is 0 Å². The minimum Gasteiger partial charge on any atom is -0.215 e. The van der Waals surface area contributed by atoms with Crippen molar-refractivity contribution in [2.45, 2.75) is 58.3 Å². The summed E-state index contributed by atoms with van der Waals surface area (Å²) in [7, 11) is 0. The van der Waals surface area contributed by atoms with Gasteiger partial charge in [-0.15, -0.1) is 0 Å². The number of hydrogen-bond acceptors (Lipinski definition) is 3. The second kappa shape index (κ2) is 8.44. The van der Waals surface area contributed by atoms with Gasteiger partial charge in [0.15, 0.2) is 0 Å². The molecule has 0 aliphatic rings. The number of hydrogen-bond donors (Lipinski definition) is 0. The summed E-state index contributed by atoms with van der Waals surface area (Å²) < 4.78 is 5.07. The molecule has 4 heteroatoms. The lowest BCUT2D eigenvalue weighted by molar-refractivity contribution is 0.589. The first-order chi connectivity index (χ1) is 7.33. The highest BCUT2D eigenvalue weighted by atomic mass is 127. The Labute approximate surface area is 110 Å². The van der Waals surface area contributed by atoms with Crippen molar-refractivity contribution < 1.29 is 0 Å². The smallest absolute Gasteiger partial charge is 0.203 e. The predicted molar refractivity (Wildman–Crippen MR) is 74.3 cm³/mol. The van der Waals surface area contributed by atoms with Crippen LogP contribution in [0.15, 0.2) is 0 Å². The molecule has 1 heterocycles. The Morgan fingerprint density at radius 3 is 2.33 bits per heavy atom. The third-order valence-corrected chi connectivity index (χ3v) is 4.02. The maximum absolute atomic E-state index is 4.35. The summed E-state index contributed by atoms with van der Waals surface area (Å²) in [5, 5.41) is 1.20. The van der Waals surface area contributed by atoms with E-state index in [0.29, 0.717) is 0 Å². The van der Waals surface area contributed by atoms with E-state index in [9.17, 15) is 0 Å². The molecule has 0 aromatic carbocycles. The maximum atomic E-state index is 4.35. The van der Waals surface area contributed by atoms with Gasteiger partial charge in [-0.3, -0.25) is 0 Å². The van der Waals surface area contributed by atoms with Crippen LogP contribution in [-0.2, 0) is 6.42 Å². The Hall–Kier alpha value is 0.290. The van der Waals surface area contributed by atoms with E-state index in [2.05, 4.69) is 38.9 Å². The second-order valence-electron chi connectivity index (χ2n) is 3.83. The number of unbranched alkanes of at least 4 members (excludes halogenated alkanes) is 6. The number of halogens is 1. The van der Waals surface area contributed by atoms with Gasteiger partial charge in [-0.1, -0.05) is 45.4 Å². The molecule has 86 valence electrons. The molecule has 0 saturated carbocycles. The molecule has 0 aliphatic heterocycles. The van der Waals surface area contributed by atoms with Crippen LogP contribution in [0.4, 0.5) is 0 Å². The fourth-order valence-corrected chi connectivity index (χ4v) is 2.90. The molecule has 0 spiro atoms. The predicted octanol–water partition coefficient (Wildman–Crippen LogP) is 4.44. The number of rotatable bonds is 8. The lowest BCUT2D eigenvalue weighted by atomic mass is 10.1. The maximum Gasteiger partial charge on any atom is 0.203 e. The van der Waals surface area contributed by atoms with Crippen LogP contribution in [0.2, 0.25) is 0 Å². The highest BCUT2D eigenvalue weighted by Gasteiger charge is 2.00. The molecule has 0 aliphatic carbocycles. The van der Waals surface area contributed by atoms with Crippen molar-refractivity contribution in [1.29, 1.82) is 0 Å². The van der Waals surface area contributed by atoms with Crippen molar-refractivity contribution >= 4 is 34.1 Å². The molecule has 1 aromatic heterocycles. The summed E-state index contributed by atoms with van der Waals surface area (Å²) >= 11 is 3.73. The first kappa shape index (κ1) is 13.4. The highest BCUT2D eigenvalue weighted by molar-refractivity contribution is 14.1. The van der Waals surface area contributed by atoms with Crippen molar-refractivity contribution in [3.05, 3.63) is 8.84 Å². The standard InChI is InChI=1S/C11H19IN2S/c1-2-3-4-5-6-7-8-9-10-13-11(12)14-15-10/h2-9H2,1H3. The van der Waals surface area contributed by atoms with Gasteiger partial charge in [0.05, 0.1) is 0 Å². The first-order valence-electron chi connectivity index (χ1n) is 5.81. The Bertz CT molecular complexity index is 263. The van der Waals surface area contributed by atoms with E-state index >= 15 is 0 Å². The fourth-order valence-electron chi connectivity index (χ4n) is 1.57. The van der Waals surface area contributed by atoms with Crippen LogP contribution in [-0.4, -0.2) is 9.36 Å². The van der Waals surface area contributed by atoms with Crippen molar-refractivity contribution in [3.63, 3.8) is 0 Å². The molecular formula is C11H19IN2S. The third kappa shape index (κ3) is 6.45. The minimum atomic E-state index is 0.899. The van der Waals surface area contributed by atoms with E-state index < -0.39 is 0 Å². The van der Waals surface area contributed by atoms with Crippen molar-refractivity contribution in [1.82, 2.24) is 9.36 Å². The molecule has 1 rings (SSSR count). The summed E-state index contributed by atoms with van der Waals surface area (Å²) in [5.41, 5.74) is 0. The van der Waals surface area contributed by atoms with E-state index in [0.717, 1.165) is 10.3 Å². The fraction of sp³-hybridized carbons (Fsp3) is 0.818. The summed E-state index contributed by atoms with van der Waals surface area (Å²) in [6.45, 7) is 2.26. The van der Waals surface area contributed by atoms with E-state index in [-0.39, 0.29) is 0 Å². The Kier molecular flexibility index (Phi) is 7.52. The zero-order chi connectivity index (χ0) is 10.9. The van der Waals surface area contributed by atoms with E-state index in [4.69, 9.17) is 0 Å². The van der Waals surface area contributed by atoms with Crippen molar-refractivity contribution in [2.75, 3.05) is 0 Å². The van der Waals surface area contributed by atoms with Gasteiger partial charge >= 0.3 is 0 Å². The monoisotopic (exact) mass is 338 g/mol. The normalized spacial score (nSPS) is 10.8. The molecule has 0 unspecified atom stereocenters. The molecule has 15 heavy (non-hydrogen) atoms. The summed E-state index contributed by atoms with van der Waals surface area (Å²) in [4.78, 5) is 4.35. The average molecular weight is 338 g/mol. The molecule has 0 atom stereocenters. The molecular weight excluding hydrogens is 319 g/mol. The van der Waals surface area contributed by atoms with Gasteiger partial charge in [0.25, 0.3) is 0 Å². The molecule has 0 amide bonds. The van der Waals surface area contributed by atoms with E-state index in [1.807, 2.05) is 0 Å². The van der Waals surface area contributed by atoms with Gasteiger partial charge in [0.1, 0.15) is 5.01 Å². The number of aromatic nitrogens is 2. The molecule has 0 N–H and O–H groups in total. The SMILES string of the molecule is CCCCCCCCCc1nc(I)ns1. The van der Waals surface area contributed by atoms with E-state index in [1.165, 1.54) is 50.0 Å². The van der Waals surface area contributed by atoms with Gasteiger partial charge in [-0.05, 0) is 18.0 Å². The lowest BCUT2D eigenvalue weighted by Crippen LogP contribution is -1.85. The van der Waals surface area contributed by atoms with Gasteiger partial charge in [-0.2, -0.15) is 4.37 Å². The Balaban J connectivity index is 1.93. The molecule has 0 radical (unpaired) electrons. The van der Waals surface area contributed by atoms with Crippen LogP contribution in [0, 0.1) is 3.83 Å². The van der Waals surface area contributed by atoms with Crippen LogP contribution in [0.3, 0.4) is 0 Å². The van der Waals surface area contributed by atoms with E-state index in [1.54, 1.807) is 11.5 Å². The van der Waals surface area contributed by atoms with Crippen molar-refractivity contribution in [3.8, 4) is 0 Å². The molecule has 0 fully saturated rings. The van der Waals surface area contributed by atoms with Crippen LogP contribution in [0.1, 0.15) is 56.9 Å². The number of nitrogens with zero attached hydrogens (tertiary/aromatic N) is 2. The summed E-state index contributed by atoms with van der Waals surface area (Å²) in [6, 6.07) is 0. The largest absolute Gasteiger partial charge is 0.215 e. The zero-order valence-electron chi connectivity index (χ0n) is 9.34. The Morgan fingerprint density at radius 2 is 1.73 bits per heavy atom. The zero-order valence-corrected chi connectivity index (χ0v) is 12.3. The Morgan fingerprint density at radius 1 is 1.07 bits per heavy atom. The van der Waals surface area contributed by atoms with Gasteiger partial charge < -0.3 is 0 Å². The summed E-state index contributed by atoms with van der Waals surface area (Å²) in [6.07, 6.45) is 10.7. The third-order valence-electron chi connectivity index (χ3n) is 2.44. The molecule has 0 bridgehead atoms. The second-order valence-corrected chi connectivity index (χ2v) is 5.63. The molecule has 1 aromatic rings. The molecule has 0 saturated heterocycles. The number of aryl methyl sites for hydroxylation is 1. The summed E-state index contributed by atoms with van der Waals surface area (Å²) in [5.74, 6) is 0. The lowest BCUT2D eigenvalue weighted by Gasteiger charge is -1.99. The minimum absolute atomic E-state index is 0.899. The van der Waals surface area contributed by atoms with Gasteiger partial charge in [-0.25, -0.2) is 4.98 Å². The van der Waals surface area contributed by atoms with Crippen LogP contribution < -0.4 is 0 Å². The topological polar surface area (TPSA) is 25.8 Å². The van der Waals surface area contributed by atoms with Crippen LogP contribution in [0.25, 0.3) is 0 Å². The van der Waals surface area contributed by atoms with Gasteiger partial charge in [0.2, 0.25) is 3.83 Å². The average Bonchev–Trinajstić information content (AvgIpc) is 2.63. The molecule has 2 nitrogen and oxygen atoms in total. The quantitative estimate of drug-likeness (QED) is 0.517. The highest BCUT2D eigenvalue weighted by Crippen LogP contribution is 2.12. The van der Waals surface area contributed by atoms with Crippen molar-refractivity contribution in [2.24, 2.45) is 0 Å².